The number of rotatable bonds is 4. The number of nitro benzene ring substituents is 1. The number of non-ortho nitro benzene ring substituents is 1. The van der Waals surface area contributed by atoms with Crippen molar-refractivity contribution in [3.05, 3.63) is 34.4 Å². The average Bonchev–Trinajstić information content (AvgIpc) is 2.80. The van der Waals surface area contributed by atoms with Crippen molar-refractivity contribution in [3.8, 4) is 0 Å². The zero-order chi connectivity index (χ0) is 18.0. The van der Waals surface area contributed by atoms with Crippen LogP contribution >= 0.6 is 0 Å². The van der Waals surface area contributed by atoms with E-state index in [2.05, 4.69) is 0 Å². The van der Waals surface area contributed by atoms with Crippen molar-refractivity contribution in [3.63, 3.8) is 0 Å². The molecule has 1 heterocycles. The summed E-state index contributed by atoms with van der Waals surface area (Å²) in [6.07, 6.45) is 3.49. The van der Waals surface area contributed by atoms with Gasteiger partial charge >= 0.3 is 0 Å². The van der Waals surface area contributed by atoms with E-state index in [9.17, 15) is 23.3 Å². The van der Waals surface area contributed by atoms with E-state index in [1.165, 1.54) is 22.5 Å². The van der Waals surface area contributed by atoms with E-state index >= 15 is 0 Å². The average molecular weight is 367 g/mol. The highest BCUT2D eigenvalue weighted by molar-refractivity contribution is 7.89. The standard InChI is InChI=1S/C16H21N3O5S/c20-16(13-4-1-5-13)17-8-3-9-18(11-10-17)25(23,24)15-7-2-6-14(12-15)19(21)22/h2,6-7,12-13H,1,3-5,8-11H2. The number of carbonyl (C=O) groups is 1. The van der Waals surface area contributed by atoms with Gasteiger partial charge in [0.2, 0.25) is 15.9 Å². The van der Waals surface area contributed by atoms with Crippen molar-refractivity contribution in [2.75, 3.05) is 26.2 Å². The topological polar surface area (TPSA) is 101 Å². The molecule has 0 unspecified atom stereocenters. The van der Waals surface area contributed by atoms with Gasteiger partial charge in [0.25, 0.3) is 5.69 Å². The maximum Gasteiger partial charge on any atom is 0.270 e. The van der Waals surface area contributed by atoms with E-state index in [0.717, 1.165) is 25.3 Å². The molecule has 1 amide bonds. The Morgan fingerprint density at radius 1 is 1.12 bits per heavy atom. The lowest BCUT2D eigenvalue weighted by Crippen LogP contribution is -2.41. The number of nitrogens with zero attached hydrogens (tertiary/aromatic N) is 3. The van der Waals surface area contributed by atoms with Crippen molar-refractivity contribution < 1.29 is 18.1 Å². The third kappa shape index (κ3) is 3.67. The SMILES string of the molecule is O=C(C1CCC1)N1CCCN(S(=O)(=O)c2cccc([N+](=O)[O-])c2)CC1. The molecule has 0 aromatic heterocycles. The van der Waals surface area contributed by atoms with Crippen LogP contribution in [-0.2, 0) is 14.8 Å². The minimum Gasteiger partial charge on any atom is -0.341 e. The van der Waals surface area contributed by atoms with Crippen LogP contribution in [0.25, 0.3) is 0 Å². The van der Waals surface area contributed by atoms with Crippen LogP contribution in [0.5, 0.6) is 0 Å². The molecule has 1 aliphatic heterocycles. The summed E-state index contributed by atoms with van der Waals surface area (Å²) in [5.74, 6) is 0.223. The molecular formula is C16H21N3O5S. The van der Waals surface area contributed by atoms with Gasteiger partial charge in [0.15, 0.2) is 0 Å². The highest BCUT2D eigenvalue weighted by Crippen LogP contribution is 2.29. The fourth-order valence-corrected chi connectivity index (χ4v) is 4.68. The first-order valence-corrected chi connectivity index (χ1v) is 9.87. The van der Waals surface area contributed by atoms with Crippen LogP contribution in [0.15, 0.2) is 29.2 Å². The highest BCUT2D eigenvalue weighted by Gasteiger charge is 2.33. The summed E-state index contributed by atoms with van der Waals surface area (Å²) in [6.45, 7) is 1.43. The number of sulfonamides is 1. The van der Waals surface area contributed by atoms with E-state index in [1.54, 1.807) is 4.90 Å². The van der Waals surface area contributed by atoms with Gasteiger partial charge in [-0.1, -0.05) is 12.5 Å². The molecule has 0 spiro atoms. The Labute approximate surface area is 146 Å². The molecule has 1 aromatic rings. The molecule has 1 aliphatic carbocycles. The second-order valence-corrected chi connectivity index (χ2v) is 8.40. The summed E-state index contributed by atoms with van der Waals surface area (Å²) in [5, 5.41) is 10.9. The summed E-state index contributed by atoms with van der Waals surface area (Å²) in [7, 11) is -3.81. The maximum absolute atomic E-state index is 12.8. The molecule has 0 N–H and O–H groups in total. The molecule has 3 rings (SSSR count). The first-order chi connectivity index (χ1) is 11.9. The molecule has 0 atom stereocenters. The molecule has 9 heteroatoms. The van der Waals surface area contributed by atoms with Gasteiger partial charge in [0, 0.05) is 44.2 Å². The first-order valence-electron chi connectivity index (χ1n) is 8.43. The number of amides is 1. The van der Waals surface area contributed by atoms with Crippen LogP contribution in [0.3, 0.4) is 0 Å². The molecule has 1 saturated heterocycles. The summed E-state index contributed by atoms with van der Waals surface area (Å²) in [4.78, 5) is 24.3. The van der Waals surface area contributed by atoms with Gasteiger partial charge in [-0.2, -0.15) is 4.31 Å². The largest absolute Gasteiger partial charge is 0.341 e. The zero-order valence-corrected chi connectivity index (χ0v) is 14.7. The summed E-state index contributed by atoms with van der Waals surface area (Å²) in [6, 6.07) is 5.08. The van der Waals surface area contributed by atoms with E-state index in [-0.39, 0.29) is 29.0 Å². The molecule has 2 fully saturated rings. The predicted molar refractivity (Wildman–Crippen MR) is 90.4 cm³/mol. The van der Waals surface area contributed by atoms with Gasteiger partial charge in [-0.15, -0.1) is 0 Å². The lowest BCUT2D eigenvalue weighted by atomic mass is 9.84. The van der Waals surface area contributed by atoms with Crippen molar-refractivity contribution in [1.82, 2.24) is 9.21 Å². The van der Waals surface area contributed by atoms with Crippen molar-refractivity contribution in [2.45, 2.75) is 30.6 Å². The Morgan fingerprint density at radius 3 is 2.52 bits per heavy atom. The molecule has 0 bridgehead atoms. The lowest BCUT2D eigenvalue weighted by Gasteiger charge is -2.31. The number of nitro groups is 1. The van der Waals surface area contributed by atoms with Crippen LogP contribution in [0, 0.1) is 16.0 Å². The highest BCUT2D eigenvalue weighted by atomic mass is 32.2. The third-order valence-electron chi connectivity index (χ3n) is 4.89. The first kappa shape index (κ1) is 17.8. The Kier molecular flexibility index (Phi) is 5.05. The normalized spacial score (nSPS) is 19.9. The molecular weight excluding hydrogens is 346 g/mol. The number of hydrogen-bond acceptors (Lipinski definition) is 5. The Morgan fingerprint density at radius 2 is 1.88 bits per heavy atom. The van der Waals surface area contributed by atoms with Crippen LogP contribution in [0.1, 0.15) is 25.7 Å². The van der Waals surface area contributed by atoms with Crippen molar-refractivity contribution in [2.24, 2.45) is 5.92 Å². The van der Waals surface area contributed by atoms with Gasteiger partial charge in [-0.05, 0) is 25.3 Å². The monoisotopic (exact) mass is 367 g/mol. The van der Waals surface area contributed by atoms with Crippen LogP contribution in [0.2, 0.25) is 0 Å². The molecule has 136 valence electrons. The smallest absolute Gasteiger partial charge is 0.270 e. The van der Waals surface area contributed by atoms with Crippen molar-refractivity contribution in [1.29, 1.82) is 0 Å². The fraction of sp³-hybridized carbons (Fsp3) is 0.562. The van der Waals surface area contributed by atoms with Crippen LogP contribution in [0.4, 0.5) is 5.69 Å². The van der Waals surface area contributed by atoms with E-state index < -0.39 is 14.9 Å². The van der Waals surface area contributed by atoms with Gasteiger partial charge in [0.05, 0.1) is 9.82 Å². The minimum atomic E-state index is -3.81. The lowest BCUT2D eigenvalue weighted by molar-refractivity contribution is -0.385. The number of carbonyl (C=O) groups excluding carboxylic acids is 1. The molecule has 0 radical (unpaired) electrons. The summed E-state index contributed by atoms with van der Waals surface area (Å²) in [5.41, 5.74) is -0.252. The summed E-state index contributed by atoms with van der Waals surface area (Å²) >= 11 is 0. The predicted octanol–water partition coefficient (Wildman–Crippen LogP) is 1.62. The van der Waals surface area contributed by atoms with Gasteiger partial charge in [-0.3, -0.25) is 14.9 Å². The van der Waals surface area contributed by atoms with Gasteiger partial charge in [0.1, 0.15) is 0 Å². The Balaban J connectivity index is 1.73. The van der Waals surface area contributed by atoms with E-state index in [0.29, 0.717) is 26.1 Å². The molecule has 1 saturated carbocycles. The minimum absolute atomic E-state index is 0.0829. The molecule has 1 aromatic carbocycles. The fourth-order valence-electron chi connectivity index (χ4n) is 3.17. The van der Waals surface area contributed by atoms with Crippen LogP contribution < -0.4 is 0 Å². The number of benzene rings is 1. The van der Waals surface area contributed by atoms with Crippen LogP contribution in [-0.4, -0.2) is 54.6 Å². The van der Waals surface area contributed by atoms with Gasteiger partial charge in [-0.25, -0.2) is 8.42 Å². The number of hydrogen-bond donors (Lipinski definition) is 0. The molecule has 25 heavy (non-hydrogen) atoms. The quantitative estimate of drug-likeness (QED) is 0.594. The van der Waals surface area contributed by atoms with E-state index in [1.807, 2.05) is 0 Å². The van der Waals surface area contributed by atoms with Gasteiger partial charge < -0.3 is 4.90 Å². The molecule has 2 aliphatic rings. The third-order valence-corrected chi connectivity index (χ3v) is 6.78. The zero-order valence-electron chi connectivity index (χ0n) is 13.8. The second kappa shape index (κ2) is 7.09. The molecule has 8 nitrogen and oxygen atoms in total. The summed E-state index contributed by atoms with van der Waals surface area (Å²) < 4.78 is 26.9. The Bertz CT molecular complexity index is 776. The Hall–Kier alpha value is -2.00. The van der Waals surface area contributed by atoms with Crippen molar-refractivity contribution >= 4 is 21.6 Å². The second-order valence-electron chi connectivity index (χ2n) is 6.47. The maximum atomic E-state index is 12.8. The van der Waals surface area contributed by atoms with E-state index in [4.69, 9.17) is 0 Å².